The Labute approximate surface area is 797 Å². The third-order valence-electron chi connectivity index (χ3n) is 28.8. The standard InChI is InChI=1S/C51H38N2.C41H43BN2.C35H31BN2/c1-51(2)47-19-11-9-17-43(47)44-31-30-42(34-48(44)51)52(40-26-21-36(22-27-40)35-13-5-3-6-14-35)41-28-23-37(24-29-41)38-25-32-50-46(33-38)45-18-10-12-20-49(45)53(50)39-15-7-4-8-16-39;1-26-10-20-35-33(22-26)42-34-23-27(2)11-21-36(34)44(32-18-14-30(15-19-32)41(7,8)9)38-25-28(3)24-37(39(38)42)43(35)31-16-12-29(13-17-31)40(4,5)6;1-22-6-12-27(13-7-22)37-31-16-10-24(3)18-29(31)36-30-19-25(4)11-17-32(30)38(28-14-8-23(2)9-15-28)34-21-26(5)20-33(37)35(34)36/h3-34H,1-2H3;10-25H,1-9H3;6-21H,1-5H3. The summed E-state index contributed by atoms with van der Waals surface area (Å²) in [6.45, 7) is 36.3. The second-order valence-corrected chi connectivity index (χ2v) is 40.8. The molecule has 4 aliphatic heterocycles. The van der Waals surface area contributed by atoms with E-state index in [9.17, 15) is 0 Å². The number of nitrogens with zero attached hydrogens (tertiary/aromatic N) is 6. The molecule has 19 aromatic rings. The minimum Gasteiger partial charge on any atom is -0.311 e. The zero-order valence-electron chi connectivity index (χ0n) is 80.3. The van der Waals surface area contributed by atoms with E-state index in [0.29, 0.717) is 0 Å². The Morgan fingerprint density at radius 3 is 1.01 bits per heavy atom. The molecule has 8 heteroatoms. The summed E-state index contributed by atoms with van der Waals surface area (Å²) in [5, 5.41) is 2.52. The van der Waals surface area contributed by atoms with Crippen LogP contribution in [0.4, 0.5) is 85.3 Å². The van der Waals surface area contributed by atoms with Crippen molar-refractivity contribution < 1.29 is 0 Å². The van der Waals surface area contributed by atoms with Gasteiger partial charge in [-0.25, -0.2) is 0 Å². The number of fused-ring (bicyclic) bond motifs is 14. The van der Waals surface area contributed by atoms with Crippen LogP contribution in [0.15, 0.2) is 388 Å². The molecule has 0 unspecified atom stereocenters. The van der Waals surface area contributed by atoms with Gasteiger partial charge in [-0.15, -0.1) is 0 Å². The first-order valence-electron chi connectivity index (χ1n) is 47.9. The zero-order chi connectivity index (χ0) is 92.8. The molecule has 0 radical (unpaired) electrons. The summed E-state index contributed by atoms with van der Waals surface area (Å²) in [5.74, 6) is 0. The van der Waals surface area contributed by atoms with Gasteiger partial charge in [-0.3, -0.25) is 0 Å². The van der Waals surface area contributed by atoms with E-state index >= 15 is 0 Å². The molecule has 1 aliphatic carbocycles. The largest absolute Gasteiger partial charge is 0.311 e. The fourth-order valence-corrected chi connectivity index (χ4v) is 22.0. The molecule has 0 atom stereocenters. The van der Waals surface area contributed by atoms with Gasteiger partial charge in [0.15, 0.2) is 0 Å². The van der Waals surface area contributed by atoms with Crippen LogP contribution < -0.4 is 57.3 Å². The van der Waals surface area contributed by atoms with Crippen molar-refractivity contribution in [3.8, 4) is 39.1 Å². The molecule has 0 amide bonds. The van der Waals surface area contributed by atoms with Crippen molar-refractivity contribution in [2.24, 2.45) is 0 Å². The molecule has 0 spiro atoms. The zero-order valence-corrected chi connectivity index (χ0v) is 80.3. The van der Waals surface area contributed by atoms with Gasteiger partial charge >= 0.3 is 0 Å². The van der Waals surface area contributed by atoms with Crippen LogP contribution in [-0.2, 0) is 16.2 Å². The number of rotatable bonds is 10. The molecule has 6 nitrogen and oxygen atoms in total. The maximum atomic E-state index is 2.51. The molecule has 0 fully saturated rings. The van der Waals surface area contributed by atoms with Gasteiger partial charge in [0.2, 0.25) is 0 Å². The number of anilines is 15. The molecule has 135 heavy (non-hydrogen) atoms. The van der Waals surface area contributed by atoms with E-state index in [4.69, 9.17) is 0 Å². The van der Waals surface area contributed by atoms with Crippen molar-refractivity contribution in [3.63, 3.8) is 0 Å². The number of aryl methyl sites for hydroxylation is 8. The average Bonchev–Trinajstić information content (AvgIpc) is 1.09. The van der Waals surface area contributed by atoms with E-state index in [1.165, 1.54) is 229 Å². The minimum absolute atomic E-state index is 0.0864. The van der Waals surface area contributed by atoms with Crippen LogP contribution >= 0.6 is 0 Å². The highest BCUT2D eigenvalue weighted by Gasteiger charge is 2.47. The lowest BCUT2D eigenvalue weighted by Gasteiger charge is -2.44. The van der Waals surface area contributed by atoms with Gasteiger partial charge in [0, 0.05) is 107 Å². The summed E-state index contributed by atoms with van der Waals surface area (Å²) in [7, 11) is 0. The van der Waals surface area contributed by atoms with Crippen molar-refractivity contribution in [1.82, 2.24) is 4.57 Å². The monoisotopic (exact) mass is 1740 g/mol. The first-order chi connectivity index (χ1) is 65.2. The quantitative estimate of drug-likeness (QED) is 0.127. The van der Waals surface area contributed by atoms with Crippen molar-refractivity contribution in [3.05, 3.63) is 455 Å². The van der Waals surface area contributed by atoms with Crippen LogP contribution in [0.1, 0.15) is 122 Å². The molecule has 5 heterocycles. The average molecular weight is 1740 g/mol. The predicted octanol–water partition coefficient (Wildman–Crippen LogP) is 30.5. The van der Waals surface area contributed by atoms with Gasteiger partial charge < -0.3 is 29.1 Å². The highest BCUT2D eigenvalue weighted by molar-refractivity contribution is 7.01. The smallest absolute Gasteiger partial charge is 0.252 e. The molecule has 0 bridgehead atoms. The summed E-state index contributed by atoms with van der Waals surface area (Å²) in [4.78, 5) is 12.4. The van der Waals surface area contributed by atoms with E-state index in [1.54, 1.807) is 0 Å². The summed E-state index contributed by atoms with van der Waals surface area (Å²) in [5.41, 5.74) is 53.5. The van der Waals surface area contributed by atoms with Gasteiger partial charge in [0.05, 0.1) is 11.0 Å². The van der Waals surface area contributed by atoms with E-state index in [1.807, 2.05) is 0 Å². The van der Waals surface area contributed by atoms with Crippen LogP contribution in [0.3, 0.4) is 0 Å². The summed E-state index contributed by atoms with van der Waals surface area (Å²) in [6.07, 6.45) is 0. The van der Waals surface area contributed by atoms with Gasteiger partial charge in [-0.1, -0.05) is 313 Å². The molecule has 656 valence electrons. The van der Waals surface area contributed by atoms with Crippen molar-refractivity contribution in [2.75, 3.05) is 24.5 Å². The van der Waals surface area contributed by atoms with Crippen LogP contribution in [-0.4, -0.2) is 18.0 Å². The molecule has 18 aromatic carbocycles. The first-order valence-corrected chi connectivity index (χ1v) is 47.9. The highest BCUT2D eigenvalue weighted by atomic mass is 15.2. The van der Waals surface area contributed by atoms with Gasteiger partial charge in [0.1, 0.15) is 0 Å². The second kappa shape index (κ2) is 33.3. The number of para-hydroxylation sites is 2. The van der Waals surface area contributed by atoms with Crippen molar-refractivity contribution >= 4 is 153 Å². The Hall–Kier alpha value is -15.1. The van der Waals surface area contributed by atoms with E-state index in [-0.39, 0.29) is 29.7 Å². The third-order valence-corrected chi connectivity index (χ3v) is 28.8. The van der Waals surface area contributed by atoms with Gasteiger partial charge in [0.25, 0.3) is 13.4 Å². The third kappa shape index (κ3) is 15.0. The van der Waals surface area contributed by atoms with E-state index in [0.717, 1.165) is 17.1 Å². The fourth-order valence-electron chi connectivity index (χ4n) is 22.0. The van der Waals surface area contributed by atoms with Gasteiger partial charge in [-0.2, -0.15) is 0 Å². The normalized spacial score (nSPS) is 13.3. The molecule has 5 aliphatic rings. The predicted molar refractivity (Wildman–Crippen MR) is 580 cm³/mol. The minimum atomic E-state index is -0.0864. The molecular weight excluding hydrogens is 1630 g/mol. The van der Waals surface area contributed by atoms with Crippen LogP contribution in [0.2, 0.25) is 0 Å². The number of benzene rings is 18. The SMILES string of the molecule is CC1(C)c2ccccc2-c2ccc(N(c3ccc(-c4ccccc4)cc3)c3ccc(-c4ccc5c(c4)c4ccccc4n5-c4ccccc4)cc3)cc21.Cc1ccc(N2c3ccc(C)cc3B3c4cc(C)ccc4N(c4ccc(C)cc4)c4cc(C)cc2c43)cc1.Cc1ccc2c(c1)B1c3cc(C)ccc3N(c3ccc(C(C)(C)C)cc3)c3cc(C)cc(c31)N2c1ccc(C(C)(C)C)cc1. The lowest BCUT2D eigenvalue weighted by atomic mass is 9.33. The molecule has 0 saturated heterocycles. The lowest BCUT2D eigenvalue weighted by molar-refractivity contribution is 0.590. The fraction of sp³-hybridized carbons (Fsp3) is 0.150. The Balaban J connectivity index is 0.000000119. The number of aromatic nitrogens is 1. The van der Waals surface area contributed by atoms with Crippen LogP contribution in [0.25, 0.3) is 60.9 Å². The van der Waals surface area contributed by atoms with Crippen LogP contribution in [0, 0.1) is 55.4 Å². The summed E-state index contributed by atoms with van der Waals surface area (Å²) in [6, 6.07) is 145. The topological polar surface area (TPSA) is 21.1 Å². The summed E-state index contributed by atoms with van der Waals surface area (Å²) < 4.78 is 2.37. The van der Waals surface area contributed by atoms with Crippen molar-refractivity contribution in [1.29, 1.82) is 0 Å². The van der Waals surface area contributed by atoms with E-state index in [2.05, 4.69) is 528 Å². The maximum Gasteiger partial charge on any atom is 0.252 e. The lowest BCUT2D eigenvalue weighted by Crippen LogP contribution is -2.61. The Morgan fingerprint density at radius 2 is 0.578 bits per heavy atom. The Morgan fingerprint density at radius 1 is 0.237 bits per heavy atom. The highest BCUT2D eigenvalue weighted by Crippen LogP contribution is 2.53. The number of hydrogen-bond acceptors (Lipinski definition) is 5. The second-order valence-electron chi connectivity index (χ2n) is 40.8. The van der Waals surface area contributed by atoms with Crippen molar-refractivity contribution in [2.45, 2.75) is 127 Å². The molecule has 1 aromatic heterocycles. The molecule has 0 N–H and O–H groups in total. The maximum absolute atomic E-state index is 2.51. The Kier molecular flexibility index (Phi) is 21.0. The Bertz CT molecular complexity index is 7590. The molecule has 24 rings (SSSR count). The first kappa shape index (κ1) is 85.4. The number of hydrogen-bond donors (Lipinski definition) is 0. The molecular formula is C127H112B2N6. The van der Waals surface area contributed by atoms with Gasteiger partial charge in [-0.05, 0) is 330 Å². The van der Waals surface area contributed by atoms with E-state index < -0.39 is 0 Å². The summed E-state index contributed by atoms with van der Waals surface area (Å²) >= 11 is 0. The molecule has 0 saturated carbocycles. The van der Waals surface area contributed by atoms with Crippen LogP contribution in [0.5, 0.6) is 0 Å².